The Kier molecular flexibility index (Phi) is 2.57. The van der Waals surface area contributed by atoms with Crippen molar-refractivity contribution in [2.75, 3.05) is 0 Å². The van der Waals surface area contributed by atoms with Gasteiger partial charge in [0.05, 0.1) is 12.5 Å². The van der Waals surface area contributed by atoms with E-state index in [2.05, 4.69) is 32.9 Å². The molecule has 0 spiro atoms. The zero-order valence-corrected chi connectivity index (χ0v) is 8.22. The van der Waals surface area contributed by atoms with Crippen LogP contribution in [-0.2, 0) is 0 Å². The predicted octanol–water partition coefficient (Wildman–Crippen LogP) is 3.28. The smallest absolute Gasteiger partial charge is 0.0666 e. The zero-order chi connectivity index (χ0) is 9.19. The molecular formula is C11H17N. The van der Waals surface area contributed by atoms with E-state index in [1.165, 1.54) is 12.0 Å². The van der Waals surface area contributed by atoms with Gasteiger partial charge in [0, 0.05) is 0 Å². The van der Waals surface area contributed by atoms with Crippen molar-refractivity contribution in [3.05, 3.63) is 11.6 Å². The SMILES string of the molecule is CC1C=C(CC#N)CC(C)(C)C1. The van der Waals surface area contributed by atoms with Crippen LogP contribution in [0.25, 0.3) is 0 Å². The molecule has 1 aliphatic rings. The third-order valence-corrected chi connectivity index (χ3v) is 2.41. The summed E-state index contributed by atoms with van der Waals surface area (Å²) in [5, 5.41) is 8.58. The summed E-state index contributed by atoms with van der Waals surface area (Å²) < 4.78 is 0. The maximum atomic E-state index is 8.58. The molecule has 0 saturated carbocycles. The van der Waals surface area contributed by atoms with Crippen molar-refractivity contribution < 1.29 is 0 Å². The predicted molar refractivity (Wildman–Crippen MR) is 50.5 cm³/mol. The summed E-state index contributed by atoms with van der Waals surface area (Å²) in [5.74, 6) is 0.650. The number of rotatable bonds is 1. The number of nitrogens with zero attached hydrogens (tertiary/aromatic N) is 1. The topological polar surface area (TPSA) is 23.8 Å². The van der Waals surface area contributed by atoms with Gasteiger partial charge in [-0.3, -0.25) is 0 Å². The summed E-state index contributed by atoms with van der Waals surface area (Å²) in [5.41, 5.74) is 1.74. The van der Waals surface area contributed by atoms with E-state index in [0.29, 0.717) is 17.8 Å². The molecule has 1 aliphatic carbocycles. The fourth-order valence-electron chi connectivity index (χ4n) is 2.30. The van der Waals surface area contributed by atoms with Crippen LogP contribution in [0.3, 0.4) is 0 Å². The molecule has 0 fully saturated rings. The third kappa shape index (κ3) is 2.37. The van der Waals surface area contributed by atoms with Crippen molar-refractivity contribution in [3.63, 3.8) is 0 Å². The van der Waals surface area contributed by atoms with Gasteiger partial charge >= 0.3 is 0 Å². The van der Waals surface area contributed by atoms with Crippen molar-refractivity contribution in [2.24, 2.45) is 11.3 Å². The van der Waals surface area contributed by atoms with Crippen LogP contribution in [0.2, 0.25) is 0 Å². The Morgan fingerprint density at radius 2 is 2.33 bits per heavy atom. The van der Waals surface area contributed by atoms with Gasteiger partial charge in [0.2, 0.25) is 0 Å². The molecule has 0 radical (unpaired) electrons. The lowest BCUT2D eigenvalue weighted by atomic mass is 9.73. The van der Waals surface area contributed by atoms with Gasteiger partial charge in [-0.1, -0.05) is 32.4 Å². The quantitative estimate of drug-likeness (QED) is 0.544. The van der Waals surface area contributed by atoms with Crippen LogP contribution in [-0.4, -0.2) is 0 Å². The minimum atomic E-state index is 0.403. The van der Waals surface area contributed by atoms with E-state index in [4.69, 9.17) is 5.26 Å². The van der Waals surface area contributed by atoms with Crippen LogP contribution >= 0.6 is 0 Å². The molecule has 0 amide bonds. The molecule has 66 valence electrons. The normalized spacial score (nSPS) is 27.5. The highest BCUT2D eigenvalue weighted by molar-refractivity contribution is 5.15. The highest BCUT2D eigenvalue weighted by Crippen LogP contribution is 2.38. The standard InChI is InChI=1S/C11H17N/c1-9-6-10(4-5-12)8-11(2,3)7-9/h6,9H,4,7-8H2,1-3H3. The van der Waals surface area contributed by atoms with Crippen LogP contribution in [0.5, 0.6) is 0 Å². The van der Waals surface area contributed by atoms with Crippen molar-refractivity contribution in [1.29, 1.82) is 5.26 Å². The lowest BCUT2D eigenvalue weighted by molar-refractivity contribution is 0.278. The van der Waals surface area contributed by atoms with Gasteiger partial charge in [-0.15, -0.1) is 0 Å². The number of hydrogen-bond acceptors (Lipinski definition) is 1. The van der Waals surface area contributed by atoms with Crippen molar-refractivity contribution in [2.45, 2.75) is 40.0 Å². The van der Waals surface area contributed by atoms with Crippen molar-refractivity contribution in [3.8, 4) is 6.07 Å². The fraction of sp³-hybridized carbons (Fsp3) is 0.727. The fourth-order valence-corrected chi connectivity index (χ4v) is 2.30. The summed E-state index contributed by atoms with van der Waals surface area (Å²) in [6.45, 7) is 6.81. The summed E-state index contributed by atoms with van der Waals surface area (Å²) in [4.78, 5) is 0. The minimum Gasteiger partial charge on any atom is -0.198 e. The van der Waals surface area contributed by atoms with Gasteiger partial charge in [-0.2, -0.15) is 5.26 Å². The Labute approximate surface area is 75.1 Å². The Morgan fingerprint density at radius 3 is 2.83 bits per heavy atom. The number of allylic oxidation sites excluding steroid dienone is 2. The molecule has 0 aromatic rings. The Balaban J connectivity index is 2.71. The lowest BCUT2D eigenvalue weighted by Gasteiger charge is -2.32. The van der Waals surface area contributed by atoms with Gasteiger partial charge in [-0.25, -0.2) is 0 Å². The van der Waals surface area contributed by atoms with E-state index in [1.54, 1.807) is 0 Å². The lowest BCUT2D eigenvalue weighted by Crippen LogP contribution is -2.20. The van der Waals surface area contributed by atoms with E-state index in [0.717, 1.165) is 6.42 Å². The van der Waals surface area contributed by atoms with Crippen LogP contribution in [0, 0.1) is 22.7 Å². The van der Waals surface area contributed by atoms with Crippen molar-refractivity contribution >= 4 is 0 Å². The van der Waals surface area contributed by atoms with Crippen molar-refractivity contribution in [1.82, 2.24) is 0 Å². The van der Waals surface area contributed by atoms with Gasteiger partial charge in [0.1, 0.15) is 0 Å². The largest absolute Gasteiger partial charge is 0.198 e. The Morgan fingerprint density at radius 1 is 1.67 bits per heavy atom. The first-order valence-electron chi connectivity index (χ1n) is 4.60. The molecule has 0 aromatic heterocycles. The molecule has 0 aromatic carbocycles. The van der Waals surface area contributed by atoms with E-state index in [-0.39, 0.29) is 0 Å². The number of nitriles is 1. The summed E-state index contributed by atoms with van der Waals surface area (Å²) in [6, 6.07) is 2.23. The zero-order valence-electron chi connectivity index (χ0n) is 8.22. The molecule has 0 saturated heterocycles. The number of hydrogen-bond donors (Lipinski definition) is 0. The van der Waals surface area contributed by atoms with Gasteiger partial charge in [0.15, 0.2) is 0 Å². The second-order valence-corrected chi connectivity index (χ2v) is 4.68. The average Bonchev–Trinajstić information content (AvgIpc) is 1.82. The first kappa shape index (κ1) is 9.32. The molecule has 12 heavy (non-hydrogen) atoms. The van der Waals surface area contributed by atoms with Crippen LogP contribution < -0.4 is 0 Å². The first-order chi connectivity index (χ1) is 5.53. The van der Waals surface area contributed by atoms with Gasteiger partial charge in [-0.05, 0) is 24.2 Å². The molecule has 0 aliphatic heterocycles. The summed E-state index contributed by atoms with van der Waals surface area (Å²) >= 11 is 0. The van der Waals surface area contributed by atoms with E-state index in [9.17, 15) is 0 Å². The second kappa shape index (κ2) is 3.31. The van der Waals surface area contributed by atoms with E-state index >= 15 is 0 Å². The van der Waals surface area contributed by atoms with Crippen LogP contribution in [0.4, 0.5) is 0 Å². The maximum Gasteiger partial charge on any atom is 0.0666 e. The Bertz CT molecular complexity index is 230. The highest BCUT2D eigenvalue weighted by atomic mass is 14.3. The minimum absolute atomic E-state index is 0.403. The van der Waals surface area contributed by atoms with Gasteiger partial charge in [0.25, 0.3) is 0 Å². The maximum absolute atomic E-state index is 8.58. The van der Waals surface area contributed by atoms with E-state index in [1.807, 2.05) is 0 Å². The molecule has 0 bridgehead atoms. The monoisotopic (exact) mass is 163 g/mol. The van der Waals surface area contributed by atoms with E-state index < -0.39 is 0 Å². The molecular weight excluding hydrogens is 146 g/mol. The molecule has 1 atom stereocenters. The third-order valence-electron chi connectivity index (χ3n) is 2.41. The Hall–Kier alpha value is -0.770. The molecule has 0 heterocycles. The summed E-state index contributed by atoms with van der Waals surface area (Å²) in [6.07, 6.45) is 5.25. The summed E-state index contributed by atoms with van der Waals surface area (Å²) in [7, 11) is 0. The van der Waals surface area contributed by atoms with Crippen LogP contribution in [0.1, 0.15) is 40.0 Å². The second-order valence-electron chi connectivity index (χ2n) is 4.68. The average molecular weight is 163 g/mol. The van der Waals surface area contributed by atoms with Crippen LogP contribution in [0.15, 0.2) is 11.6 Å². The molecule has 1 rings (SSSR count). The molecule has 0 N–H and O–H groups in total. The highest BCUT2D eigenvalue weighted by Gasteiger charge is 2.25. The molecule has 1 nitrogen and oxygen atoms in total. The van der Waals surface area contributed by atoms with Gasteiger partial charge < -0.3 is 0 Å². The first-order valence-corrected chi connectivity index (χ1v) is 4.60. The molecule has 1 unspecified atom stereocenters. The molecule has 1 heteroatoms.